The van der Waals surface area contributed by atoms with Gasteiger partial charge in [-0.25, -0.2) is 0 Å². The van der Waals surface area contributed by atoms with Crippen molar-refractivity contribution in [1.82, 2.24) is 15.1 Å². The smallest absolute Gasteiger partial charge is 0.309 e. The van der Waals surface area contributed by atoms with Crippen LogP contribution in [0, 0.1) is 12.3 Å². The number of carboxylic acid groups (broad SMARTS) is 1. The number of aromatic nitrogens is 2. The van der Waals surface area contributed by atoms with Crippen LogP contribution in [0.2, 0.25) is 0 Å². The van der Waals surface area contributed by atoms with E-state index in [0.717, 1.165) is 5.69 Å². The van der Waals surface area contributed by atoms with E-state index >= 15 is 0 Å². The maximum absolute atomic E-state index is 12.0. The lowest BCUT2D eigenvalue weighted by Gasteiger charge is -2.18. The van der Waals surface area contributed by atoms with E-state index in [-0.39, 0.29) is 11.9 Å². The Labute approximate surface area is 119 Å². The molecule has 0 saturated heterocycles. The molecule has 6 nitrogen and oxygen atoms in total. The average molecular weight is 281 g/mol. The van der Waals surface area contributed by atoms with Crippen molar-refractivity contribution < 1.29 is 14.7 Å². The van der Waals surface area contributed by atoms with Crippen LogP contribution in [0.3, 0.4) is 0 Å². The fourth-order valence-electron chi connectivity index (χ4n) is 1.86. The minimum atomic E-state index is -0.865. The Morgan fingerprint density at radius 3 is 2.50 bits per heavy atom. The average Bonchev–Trinajstić information content (AvgIpc) is 2.70. The molecule has 1 rings (SSSR count). The maximum atomic E-state index is 12.0. The number of rotatable bonds is 6. The molecular formula is C14H23N3O3. The summed E-state index contributed by atoms with van der Waals surface area (Å²) >= 11 is 0. The number of carboxylic acids is 1. The first-order valence-electron chi connectivity index (χ1n) is 6.72. The molecule has 20 heavy (non-hydrogen) atoms. The second kappa shape index (κ2) is 6.07. The van der Waals surface area contributed by atoms with Crippen LogP contribution in [0.4, 0.5) is 0 Å². The van der Waals surface area contributed by atoms with Gasteiger partial charge in [-0.1, -0.05) is 0 Å². The van der Waals surface area contributed by atoms with E-state index in [0.29, 0.717) is 18.5 Å². The SMILES string of the molecule is Cc1c(C(=O)NCCC(C)(C)C(=O)O)cnn1C(C)C. The van der Waals surface area contributed by atoms with E-state index in [4.69, 9.17) is 5.11 Å². The lowest BCUT2D eigenvalue weighted by Crippen LogP contribution is -2.32. The molecule has 0 radical (unpaired) electrons. The number of hydrogen-bond donors (Lipinski definition) is 2. The van der Waals surface area contributed by atoms with Crippen molar-refractivity contribution in [2.45, 2.75) is 47.1 Å². The molecule has 0 aliphatic carbocycles. The Kier molecular flexibility index (Phi) is 4.92. The van der Waals surface area contributed by atoms with Crippen molar-refractivity contribution in [2.24, 2.45) is 5.41 Å². The van der Waals surface area contributed by atoms with Gasteiger partial charge in [0.15, 0.2) is 0 Å². The van der Waals surface area contributed by atoms with Gasteiger partial charge in [-0.3, -0.25) is 14.3 Å². The zero-order chi connectivity index (χ0) is 15.5. The van der Waals surface area contributed by atoms with Gasteiger partial charge >= 0.3 is 5.97 Å². The van der Waals surface area contributed by atoms with Crippen LogP contribution in [-0.2, 0) is 4.79 Å². The Morgan fingerprint density at radius 2 is 2.05 bits per heavy atom. The van der Waals surface area contributed by atoms with Crippen molar-refractivity contribution >= 4 is 11.9 Å². The summed E-state index contributed by atoms with van der Waals surface area (Å²) in [4.78, 5) is 23.0. The van der Waals surface area contributed by atoms with Gasteiger partial charge in [0, 0.05) is 18.3 Å². The maximum Gasteiger partial charge on any atom is 0.309 e. The molecule has 112 valence electrons. The molecular weight excluding hydrogens is 258 g/mol. The largest absolute Gasteiger partial charge is 0.481 e. The number of aliphatic carboxylic acids is 1. The topological polar surface area (TPSA) is 84.2 Å². The monoisotopic (exact) mass is 281 g/mol. The molecule has 0 aliphatic rings. The number of amides is 1. The molecule has 2 N–H and O–H groups in total. The van der Waals surface area contributed by atoms with E-state index in [2.05, 4.69) is 10.4 Å². The van der Waals surface area contributed by atoms with Crippen LogP contribution in [-0.4, -0.2) is 33.3 Å². The molecule has 0 spiro atoms. The van der Waals surface area contributed by atoms with Crippen LogP contribution in [0.25, 0.3) is 0 Å². The molecule has 0 atom stereocenters. The van der Waals surface area contributed by atoms with Gasteiger partial charge in [0.05, 0.1) is 17.2 Å². The molecule has 0 bridgehead atoms. The third-order valence-electron chi connectivity index (χ3n) is 3.39. The van der Waals surface area contributed by atoms with E-state index in [1.807, 2.05) is 20.8 Å². The fraction of sp³-hybridized carbons (Fsp3) is 0.643. The lowest BCUT2D eigenvalue weighted by molar-refractivity contribution is -0.147. The number of hydrogen-bond acceptors (Lipinski definition) is 3. The number of nitrogens with one attached hydrogen (secondary N) is 1. The fourth-order valence-corrected chi connectivity index (χ4v) is 1.86. The lowest BCUT2D eigenvalue weighted by atomic mass is 9.90. The summed E-state index contributed by atoms with van der Waals surface area (Å²) in [5.74, 6) is -1.08. The van der Waals surface area contributed by atoms with E-state index < -0.39 is 11.4 Å². The Morgan fingerprint density at radius 1 is 1.45 bits per heavy atom. The predicted molar refractivity (Wildman–Crippen MR) is 75.7 cm³/mol. The van der Waals surface area contributed by atoms with Crippen molar-refractivity contribution in [2.75, 3.05) is 6.54 Å². The van der Waals surface area contributed by atoms with Crippen molar-refractivity contribution in [3.63, 3.8) is 0 Å². The molecule has 1 amide bonds. The first-order chi connectivity index (χ1) is 9.16. The molecule has 1 aromatic rings. The highest BCUT2D eigenvalue weighted by molar-refractivity contribution is 5.95. The number of carbonyl (C=O) groups is 2. The second-order valence-electron chi connectivity index (χ2n) is 5.88. The third kappa shape index (κ3) is 3.59. The van der Waals surface area contributed by atoms with E-state index in [1.54, 1.807) is 24.7 Å². The van der Waals surface area contributed by atoms with Gasteiger partial charge < -0.3 is 10.4 Å². The molecule has 0 saturated carbocycles. The summed E-state index contributed by atoms with van der Waals surface area (Å²) in [7, 11) is 0. The van der Waals surface area contributed by atoms with Gasteiger partial charge in [0.25, 0.3) is 5.91 Å². The summed E-state index contributed by atoms with van der Waals surface area (Å²) in [6, 6.07) is 0.197. The van der Waals surface area contributed by atoms with Gasteiger partial charge in [-0.2, -0.15) is 5.10 Å². The molecule has 0 fully saturated rings. The molecule has 0 unspecified atom stereocenters. The summed E-state index contributed by atoms with van der Waals surface area (Å²) in [5, 5.41) is 15.9. The first-order valence-corrected chi connectivity index (χ1v) is 6.72. The van der Waals surface area contributed by atoms with Crippen LogP contribution < -0.4 is 5.32 Å². The van der Waals surface area contributed by atoms with Crippen LogP contribution in [0.15, 0.2) is 6.20 Å². The van der Waals surface area contributed by atoms with Crippen molar-refractivity contribution in [3.8, 4) is 0 Å². The molecule has 6 heteroatoms. The first kappa shape index (κ1) is 16.2. The van der Waals surface area contributed by atoms with Gasteiger partial charge in [-0.05, 0) is 41.0 Å². The highest BCUT2D eigenvalue weighted by atomic mass is 16.4. The van der Waals surface area contributed by atoms with E-state index in [1.165, 1.54) is 0 Å². The van der Waals surface area contributed by atoms with Crippen LogP contribution in [0.5, 0.6) is 0 Å². The van der Waals surface area contributed by atoms with E-state index in [9.17, 15) is 9.59 Å². The molecule has 1 heterocycles. The summed E-state index contributed by atoms with van der Waals surface area (Å²) < 4.78 is 1.79. The quantitative estimate of drug-likeness (QED) is 0.835. The highest BCUT2D eigenvalue weighted by Gasteiger charge is 2.26. The standard InChI is InChI=1S/C14H23N3O3/c1-9(2)17-10(3)11(8-16-17)12(18)15-7-6-14(4,5)13(19)20/h8-9H,6-7H2,1-5H3,(H,15,18)(H,19,20). The zero-order valence-electron chi connectivity index (χ0n) is 12.7. The third-order valence-corrected chi connectivity index (χ3v) is 3.39. The van der Waals surface area contributed by atoms with Crippen LogP contribution >= 0.6 is 0 Å². The molecule has 1 aromatic heterocycles. The Balaban J connectivity index is 2.63. The molecule has 0 aromatic carbocycles. The summed E-state index contributed by atoms with van der Waals surface area (Å²) in [5.41, 5.74) is 0.506. The van der Waals surface area contributed by atoms with Gasteiger partial charge in [0.2, 0.25) is 0 Å². The second-order valence-corrected chi connectivity index (χ2v) is 5.88. The zero-order valence-corrected chi connectivity index (χ0v) is 12.7. The van der Waals surface area contributed by atoms with Crippen LogP contribution in [0.1, 0.15) is 56.2 Å². The Bertz CT molecular complexity index is 504. The van der Waals surface area contributed by atoms with Crippen molar-refractivity contribution in [1.29, 1.82) is 0 Å². The Hall–Kier alpha value is -1.85. The van der Waals surface area contributed by atoms with Crippen molar-refractivity contribution in [3.05, 3.63) is 17.5 Å². The van der Waals surface area contributed by atoms with Gasteiger partial charge in [-0.15, -0.1) is 0 Å². The minimum Gasteiger partial charge on any atom is -0.481 e. The number of carbonyl (C=O) groups excluding carboxylic acids is 1. The molecule has 0 aliphatic heterocycles. The summed E-state index contributed by atoms with van der Waals surface area (Å²) in [6.07, 6.45) is 1.93. The highest BCUT2D eigenvalue weighted by Crippen LogP contribution is 2.19. The summed E-state index contributed by atoms with van der Waals surface area (Å²) in [6.45, 7) is 9.45. The number of nitrogens with zero attached hydrogens (tertiary/aromatic N) is 2. The normalized spacial score (nSPS) is 11.7. The minimum absolute atomic E-state index is 0.197. The van der Waals surface area contributed by atoms with Gasteiger partial charge in [0.1, 0.15) is 0 Å². The predicted octanol–water partition coefficient (Wildman–Crippen LogP) is 2.00.